The molecule has 0 heteroatoms. The van der Waals surface area contributed by atoms with Crippen LogP contribution in [0.2, 0.25) is 0 Å². The van der Waals surface area contributed by atoms with Gasteiger partial charge in [0.15, 0.2) is 0 Å². The van der Waals surface area contributed by atoms with E-state index in [1.54, 1.807) is 0 Å². The maximum absolute atomic E-state index is 2.30. The molecule has 0 unspecified atom stereocenters. The third kappa shape index (κ3) is 8.00. The zero-order valence-corrected chi connectivity index (χ0v) is 7.69. The largest absolute Gasteiger partial charge is 0.0628 e. The third-order valence-corrected chi connectivity index (χ3v) is 1.77. The van der Waals surface area contributed by atoms with Gasteiger partial charge in [-0.2, -0.15) is 0 Å². The van der Waals surface area contributed by atoms with Crippen molar-refractivity contribution in [2.24, 2.45) is 5.92 Å². The molecule has 10 heavy (non-hydrogen) atoms. The summed E-state index contributed by atoms with van der Waals surface area (Å²) in [5.41, 5.74) is 0. The van der Waals surface area contributed by atoms with Gasteiger partial charge in [-0.05, 0) is 12.3 Å². The van der Waals surface area contributed by atoms with Crippen molar-refractivity contribution in [3.05, 3.63) is 6.42 Å². The predicted octanol–water partition coefficient (Wildman–Crippen LogP) is 3.82. The summed E-state index contributed by atoms with van der Waals surface area (Å²) in [5, 5.41) is 0. The Hall–Kier alpha value is 0. The molecule has 0 spiro atoms. The fourth-order valence-electron chi connectivity index (χ4n) is 1.08. The molecule has 0 saturated heterocycles. The quantitative estimate of drug-likeness (QED) is 0.493. The molecule has 1 radical (unpaired) electrons. The number of hydrogen-bond donors (Lipinski definition) is 0. The van der Waals surface area contributed by atoms with Crippen LogP contribution in [0.25, 0.3) is 0 Å². The molecular weight excluding hydrogens is 120 g/mol. The molecule has 0 fully saturated rings. The van der Waals surface area contributed by atoms with E-state index in [4.69, 9.17) is 0 Å². The van der Waals surface area contributed by atoms with E-state index in [-0.39, 0.29) is 0 Å². The summed E-state index contributed by atoms with van der Waals surface area (Å²) < 4.78 is 0. The van der Waals surface area contributed by atoms with Crippen LogP contribution < -0.4 is 0 Å². The Labute approximate surface area is 66.0 Å². The summed E-state index contributed by atoms with van der Waals surface area (Å²) in [6.07, 6.45) is 9.20. The summed E-state index contributed by atoms with van der Waals surface area (Å²) in [6, 6.07) is 0. The third-order valence-electron chi connectivity index (χ3n) is 1.77. The Bertz CT molecular complexity index is 55.1. The van der Waals surface area contributed by atoms with Crippen LogP contribution in [0.15, 0.2) is 0 Å². The van der Waals surface area contributed by atoms with Gasteiger partial charge < -0.3 is 0 Å². The van der Waals surface area contributed by atoms with Crippen LogP contribution >= 0.6 is 0 Å². The molecule has 0 aromatic carbocycles. The highest BCUT2D eigenvalue weighted by molar-refractivity contribution is 4.55. The van der Waals surface area contributed by atoms with Crippen LogP contribution in [0.1, 0.15) is 52.9 Å². The van der Waals surface area contributed by atoms with E-state index in [0.29, 0.717) is 0 Å². The van der Waals surface area contributed by atoms with Gasteiger partial charge in [-0.25, -0.2) is 0 Å². The molecule has 0 nitrogen and oxygen atoms in total. The minimum Gasteiger partial charge on any atom is -0.0628 e. The second kappa shape index (κ2) is 7.11. The molecule has 0 bridgehead atoms. The molecule has 0 aliphatic heterocycles. The van der Waals surface area contributed by atoms with Crippen molar-refractivity contribution >= 4 is 0 Å². The monoisotopic (exact) mass is 141 g/mol. The van der Waals surface area contributed by atoms with Crippen molar-refractivity contribution in [3.63, 3.8) is 0 Å². The Kier molecular flexibility index (Phi) is 7.11. The summed E-state index contributed by atoms with van der Waals surface area (Å²) >= 11 is 0. The van der Waals surface area contributed by atoms with E-state index in [0.717, 1.165) is 5.92 Å². The lowest BCUT2D eigenvalue weighted by Gasteiger charge is -2.02. The van der Waals surface area contributed by atoms with Crippen LogP contribution in [0.4, 0.5) is 0 Å². The number of rotatable bonds is 6. The highest BCUT2D eigenvalue weighted by Crippen LogP contribution is 2.09. The Morgan fingerprint density at radius 1 is 1.10 bits per heavy atom. The highest BCUT2D eigenvalue weighted by Gasteiger charge is 1.92. The molecule has 0 aliphatic rings. The molecule has 0 atom stereocenters. The molecule has 0 aromatic rings. The smallest absolute Gasteiger partial charge is 0.0417 e. The zero-order chi connectivity index (χ0) is 7.82. The average molecular weight is 141 g/mol. The Balaban J connectivity index is 2.77. The van der Waals surface area contributed by atoms with Crippen molar-refractivity contribution in [3.8, 4) is 0 Å². The van der Waals surface area contributed by atoms with Crippen LogP contribution in [0.5, 0.6) is 0 Å². The maximum atomic E-state index is 2.30. The zero-order valence-electron chi connectivity index (χ0n) is 7.69. The average Bonchev–Trinajstić information content (AvgIpc) is 1.87. The fourth-order valence-corrected chi connectivity index (χ4v) is 1.08. The molecule has 61 valence electrons. The van der Waals surface area contributed by atoms with Crippen molar-refractivity contribution in [1.82, 2.24) is 0 Å². The molecule has 0 rings (SSSR count). The van der Waals surface area contributed by atoms with Gasteiger partial charge in [0.25, 0.3) is 0 Å². The summed E-state index contributed by atoms with van der Waals surface area (Å²) in [4.78, 5) is 0. The first-order chi connectivity index (χ1) is 4.77. The van der Waals surface area contributed by atoms with Gasteiger partial charge in [-0.3, -0.25) is 0 Å². The van der Waals surface area contributed by atoms with Crippen molar-refractivity contribution in [1.29, 1.82) is 0 Å². The van der Waals surface area contributed by atoms with Crippen LogP contribution in [0.3, 0.4) is 0 Å². The van der Waals surface area contributed by atoms with Gasteiger partial charge >= 0.3 is 0 Å². The molecule has 0 aliphatic carbocycles. The van der Waals surface area contributed by atoms with Crippen LogP contribution in [-0.4, -0.2) is 0 Å². The van der Waals surface area contributed by atoms with Crippen LogP contribution in [0, 0.1) is 12.3 Å². The summed E-state index contributed by atoms with van der Waals surface area (Å²) in [6.45, 7) is 6.74. The molecular formula is C10H21. The first-order valence-corrected chi connectivity index (χ1v) is 4.55. The van der Waals surface area contributed by atoms with Gasteiger partial charge in [-0.15, -0.1) is 0 Å². The second-order valence-electron chi connectivity index (χ2n) is 3.44. The molecule has 0 saturated carbocycles. The van der Waals surface area contributed by atoms with Gasteiger partial charge in [-0.1, -0.05) is 52.9 Å². The first-order valence-electron chi connectivity index (χ1n) is 4.55. The molecule has 0 amide bonds. The van der Waals surface area contributed by atoms with Gasteiger partial charge in [0.2, 0.25) is 0 Å². The number of hydrogen-bond acceptors (Lipinski definition) is 0. The van der Waals surface area contributed by atoms with E-state index in [1.807, 2.05) is 0 Å². The summed E-state index contributed by atoms with van der Waals surface area (Å²) in [7, 11) is 0. The minimum absolute atomic E-state index is 0.894. The topological polar surface area (TPSA) is 0 Å². The first kappa shape index (κ1) is 10.0. The fraction of sp³-hybridized carbons (Fsp3) is 0.900. The van der Waals surface area contributed by atoms with Crippen LogP contribution in [-0.2, 0) is 0 Å². The summed E-state index contributed by atoms with van der Waals surface area (Å²) in [5.74, 6) is 0.894. The number of unbranched alkanes of at least 4 members (excludes halogenated alkanes) is 4. The van der Waals surface area contributed by atoms with Crippen molar-refractivity contribution in [2.45, 2.75) is 52.9 Å². The lowest BCUT2D eigenvalue weighted by Crippen LogP contribution is -1.86. The minimum atomic E-state index is 0.894. The Morgan fingerprint density at radius 2 is 1.80 bits per heavy atom. The van der Waals surface area contributed by atoms with Crippen molar-refractivity contribution < 1.29 is 0 Å². The Morgan fingerprint density at radius 3 is 2.30 bits per heavy atom. The van der Waals surface area contributed by atoms with Gasteiger partial charge in [0.05, 0.1) is 0 Å². The molecule has 0 aromatic heterocycles. The van der Waals surface area contributed by atoms with E-state index >= 15 is 0 Å². The maximum Gasteiger partial charge on any atom is -0.0417 e. The molecule has 0 heterocycles. The highest BCUT2D eigenvalue weighted by atomic mass is 14.0. The normalized spacial score (nSPS) is 10.8. The van der Waals surface area contributed by atoms with E-state index in [2.05, 4.69) is 27.2 Å². The lowest BCUT2D eigenvalue weighted by molar-refractivity contribution is 0.526. The van der Waals surface area contributed by atoms with E-state index in [1.165, 1.54) is 32.1 Å². The lowest BCUT2D eigenvalue weighted by atomic mass is 10.0. The SMILES string of the molecule is C[CH]CCCCCC(C)C. The molecule has 0 N–H and O–H groups in total. The standard InChI is InChI=1S/C10H21/c1-4-5-6-7-8-9-10(2)3/h4,10H,5-9H2,1-3H3. The second-order valence-corrected chi connectivity index (χ2v) is 3.44. The van der Waals surface area contributed by atoms with E-state index in [9.17, 15) is 0 Å². The predicted molar refractivity (Wildman–Crippen MR) is 47.9 cm³/mol. The van der Waals surface area contributed by atoms with Gasteiger partial charge in [0, 0.05) is 0 Å². The van der Waals surface area contributed by atoms with Crippen molar-refractivity contribution in [2.75, 3.05) is 0 Å². The van der Waals surface area contributed by atoms with Gasteiger partial charge in [0.1, 0.15) is 0 Å². The van der Waals surface area contributed by atoms with E-state index < -0.39 is 0 Å².